The van der Waals surface area contributed by atoms with Crippen LogP contribution >= 0.6 is 11.8 Å². The van der Waals surface area contributed by atoms with Crippen LogP contribution < -0.4 is 0 Å². The average Bonchev–Trinajstić information content (AvgIpc) is 2.86. The molecule has 0 amide bonds. The van der Waals surface area contributed by atoms with E-state index in [4.69, 9.17) is 0 Å². The van der Waals surface area contributed by atoms with Gasteiger partial charge in [-0.3, -0.25) is 0 Å². The summed E-state index contributed by atoms with van der Waals surface area (Å²) in [5.41, 5.74) is 0. The Labute approximate surface area is 190 Å². The molecule has 7 aromatic rings. The zero-order chi connectivity index (χ0) is 21.2. The molecule has 0 aliphatic heterocycles. The number of rotatable bonds is 1. The van der Waals surface area contributed by atoms with Gasteiger partial charge >= 0.3 is 0 Å². The molecule has 7 rings (SSSR count). The second-order valence-corrected chi connectivity index (χ2v) is 9.35. The van der Waals surface area contributed by atoms with E-state index in [1.54, 1.807) is 0 Å². The molecule has 0 atom stereocenters. The SMILES string of the molecule is CSc1cc2ccc3ccc4ccccc4c3c2c2c1ccc1ccc3ccccc3c12. The number of benzene rings is 7. The van der Waals surface area contributed by atoms with Crippen molar-refractivity contribution in [2.45, 2.75) is 4.90 Å². The highest BCUT2D eigenvalue weighted by Gasteiger charge is 2.15. The third-order valence-corrected chi connectivity index (χ3v) is 7.65. The van der Waals surface area contributed by atoms with E-state index in [0.717, 1.165) is 0 Å². The van der Waals surface area contributed by atoms with Crippen molar-refractivity contribution in [2.24, 2.45) is 0 Å². The fourth-order valence-corrected chi connectivity index (χ4v) is 6.09. The Balaban J connectivity index is 1.90. The maximum atomic E-state index is 2.38. The first-order valence-electron chi connectivity index (χ1n) is 11.0. The van der Waals surface area contributed by atoms with Gasteiger partial charge in [0.2, 0.25) is 0 Å². The highest BCUT2D eigenvalue weighted by molar-refractivity contribution is 7.98. The first-order valence-corrected chi connectivity index (χ1v) is 12.2. The molecule has 7 aromatic carbocycles. The molecule has 0 aliphatic rings. The maximum absolute atomic E-state index is 2.38. The van der Waals surface area contributed by atoms with E-state index in [1.807, 2.05) is 11.8 Å². The highest BCUT2D eigenvalue weighted by Crippen LogP contribution is 2.44. The smallest absolute Gasteiger partial charge is 0.0154 e. The molecule has 0 saturated heterocycles. The summed E-state index contributed by atoms with van der Waals surface area (Å²) in [4.78, 5) is 1.34. The number of fused-ring (bicyclic) bond motifs is 11. The predicted octanol–water partition coefficient (Wildman–Crippen LogP) is 9.33. The van der Waals surface area contributed by atoms with E-state index >= 15 is 0 Å². The quantitative estimate of drug-likeness (QED) is 0.187. The van der Waals surface area contributed by atoms with Gasteiger partial charge in [-0.2, -0.15) is 0 Å². The molecule has 0 saturated carbocycles. The Morgan fingerprint density at radius 3 is 1.53 bits per heavy atom. The van der Waals surface area contributed by atoms with Crippen LogP contribution in [0.5, 0.6) is 0 Å². The lowest BCUT2D eigenvalue weighted by molar-refractivity contribution is 1.61. The molecule has 0 aromatic heterocycles. The molecule has 0 nitrogen and oxygen atoms in total. The van der Waals surface area contributed by atoms with Gasteiger partial charge in [0.25, 0.3) is 0 Å². The minimum Gasteiger partial charge on any atom is -0.129 e. The zero-order valence-electron chi connectivity index (χ0n) is 17.7. The molecule has 32 heavy (non-hydrogen) atoms. The van der Waals surface area contributed by atoms with Crippen molar-refractivity contribution in [3.05, 3.63) is 103 Å². The Kier molecular flexibility index (Phi) is 3.79. The van der Waals surface area contributed by atoms with Crippen molar-refractivity contribution in [3.8, 4) is 0 Å². The minimum atomic E-state index is 1.29. The van der Waals surface area contributed by atoms with Crippen molar-refractivity contribution < 1.29 is 0 Å². The molecule has 0 fully saturated rings. The standard InChI is InChI=1S/C31H20S/c1-32-27-18-23-15-14-21-12-10-19-6-2-4-8-24(19)28(21)30(23)31-26(27)17-16-22-13-11-20-7-3-5-9-25(20)29(22)31/h2-18H,1H3. The van der Waals surface area contributed by atoms with Gasteiger partial charge in [0.1, 0.15) is 0 Å². The second kappa shape index (κ2) is 6.72. The lowest BCUT2D eigenvalue weighted by Gasteiger charge is -2.16. The van der Waals surface area contributed by atoms with Crippen molar-refractivity contribution >= 4 is 76.4 Å². The van der Waals surface area contributed by atoms with E-state index < -0.39 is 0 Å². The van der Waals surface area contributed by atoms with Crippen molar-refractivity contribution in [2.75, 3.05) is 6.26 Å². The van der Waals surface area contributed by atoms with Crippen LogP contribution in [0.25, 0.3) is 64.6 Å². The topological polar surface area (TPSA) is 0 Å². The first kappa shape index (κ1) is 18.1. The van der Waals surface area contributed by atoms with Crippen LogP contribution in [-0.4, -0.2) is 6.26 Å². The lowest BCUT2D eigenvalue weighted by atomic mass is 9.89. The molecular formula is C31H20S. The molecule has 0 aliphatic carbocycles. The molecule has 150 valence electrons. The van der Waals surface area contributed by atoms with Crippen LogP contribution in [0.2, 0.25) is 0 Å². The summed E-state index contributed by atoms with van der Waals surface area (Å²) in [6.45, 7) is 0. The van der Waals surface area contributed by atoms with Gasteiger partial charge in [-0.05, 0) is 77.0 Å². The summed E-state index contributed by atoms with van der Waals surface area (Å²) >= 11 is 1.84. The summed E-state index contributed by atoms with van der Waals surface area (Å²) in [6.07, 6.45) is 2.18. The third kappa shape index (κ3) is 2.40. The van der Waals surface area contributed by atoms with Gasteiger partial charge in [0, 0.05) is 4.90 Å². The van der Waals surface area contributed by atoms with Gasteiger partial charge in [-0.25, -0.2) is 0 Å². The van der Waals surface area contributed by atoms with Crippen molar-refractivity contribution in [1.82, 2.24) is 0 Å². The van der Waals surface area contributed by atoms with Gasteiger partial charge in [0.15, 0.2) is 0 Å². The van der Waals surface area contributed by atoms with E-state index in [1.165, 1.54) is 69.5 Å². The molecule has 0 unspecified atom stereocenters. The monoisotopic (exact) mass is 424 g/mol. The van der Waals surface area contributed by atoms with Crippen LogP contribution in [0, 0.1) is 0 Å². The Morgan fingerprint density at radius 1 is 0.406 bits per heavy atom. The van der Waals surface area contributed by atoms with Gasteiger partial charge < -0.3 is 0 Å². The van der Waals surface area contributed by atoms with Crippen LogP contribution in [-0.2, 0) is 0 Å². The molecular weight excluding hydrogens is 404 g/mol. The van der Waals surface area contributed by atoms with E-state index in [9.17, 15) is 0 Å². The largest absolute Gasteiger partial charge is 0.129 e. The second-order valence-electron chi connectivity index (χ2n) is 8.50. The number of hydrogen-bond acceptors (Lipinski definition) is 1. The number of thioether (sulfide) groups is 1. The fraction of sp³-hybridized carbons (Fsp3) is 0.0323. The fourth-order valence-electron chi connectivity index (χ4n) is 5.45. The molecule has 0 radical (unpaired) electrons. The molecule has 0 heterocycles. The van der Waals surface area contributed by atoms with E-state index in [-0.39, 0.29) is 0 Å². The summed E-state index contributed by atoms with van der Waals surface area (Å²) in [7, 11) is 0. The lowest BCUT2D eigenvalue weighted by Crippen LogP contribution is -1.88. The summed E-state index contributed by atoms with van der Waals surface area (Å²) < 4.78 is 0. The molecule has 0 spiro atoms. The molecule has 1 heteroatoms. The van der Waals surface area contributed by atoms with Gasteiger partial charge in [-0.1, -0.05) is 97.1 Å². The third-order valence-electron chi connectivity index (χ3n) is 6.87. The van der Waals surface area contributed by atoms with Crippen molar-refractivity contribution in [3.63, 3.8) is 0 Å². The Morgan fingerprint density at radius 2 is 0.906 bits per heavy atom. The highest BCUT2D eigenvalue weighted by atomic mass is 32.2. The van der Waals surface area contributed by atoms with Crippen LogP contribution in [0.4, 0.5) is 0 Å². The van der Waals surface area contributed by atoms with Crippen LogP contribution in [0.3, 0.4) is 0 Å². The van der Waals surface area contributed by atoms with Crippen LogP contribution in [0.1, 0.15) is 0 Å². The summed E-state index contributed by atoms with van der Waals surface area (Å²) in [5, 5.41) is 16.0. The zero-order valence-corrected chi connectivity index (χ0v) is 18.5. The molecule has 0 N–H and O–H groups in total. The summed E-state index contributed by atoms with van der Waals surface area (Å²) in [6, 6.07) is 38.2. The minimum absolute atomic E-state index is 1.29. The van der Waals surface area contributed by atoms with Gasteiger partial charge in [0.05, 0.1) is 0 Å². The van der Waals surface area contributed by atoms with Gasteiger partial charge in [-0.15, -0.1) is 11.8 Å². The number of hydrogen-bond donors (Lipinski definition) is 0. The van der Waals surface area contributed by atoms with Crippen LogP contribution in [0.15, 0.2) is 108 Å². The first-order chi connectivity index (χ1) is 15.8. The van der Waals surface area contributed by atoms with E-state index in [2.05, 4.69) is 109 Å². The van der Waals surface area contributed by atoms with Crippen molar-refractivity contribution in [1.29, 1.82) is 0 Å². The average molecular weight is 425 g/mol. The predicted molar refractivity (Wildman–Crippen MR) is 143 cm³/mol. The maximum Gasteiger partial charge on any atom is 0.0154 e. The van der Waals surface area contributed by atoms with E-state index in [0.29, 0.717) is 0 Å². The summed E-state index contributed by atoms with van der Waals surface area (Å²) in [5.74, 6) is 0. The molecule has 0 bridgehead atoms. The Hall–Kier alpha value is -3.55. The Bertz CT molecular complexity index is 1860. The normalized spacial score (nSPS) is 12.0.